The first-order chi connectivity index (χ1) is 5.34. The first-order valence-electron chi connectivity index (χ1n) is 3.61. The van der Waals surface area contributed by atoms with Gasteiger partial charge in [-0.25, -0.2) is 0 Å². The molecule has 0 aliphatic rings. The first kappa shape index (κ1) is 8.28. The second-order valence-corrected chi connectivity index (χ2v) is 2.59. The summed E-state index contributed by atoms with van der Waals surface area (Å²) >= 11 is 5.85. The molecule has 0 amide bonds. The van der Waals surface area contributed by atoms with Crippen LogP contribution in [0.1, 0.15) is 19.0 Å². The molecule has 0 saturated heterocycles. The maximum absolute atomic E-state index is 5.85. The van der Waals surface area contributed by atoms with Gasteiger partial charge >= 0.3 is 0 Å². The summed E-state index contributed by atoms with van der Waals surface area (Å²) in [6.07, 6.45) is 6.71. The van der Waals surface area contributed by atoms with Gasteiger partial charge in [0.25, 0.3) is 0 Å². The third kappa shape index (κ3) is 2.35. The fourth-order valence-electron chi connectivity index (χ4n) is 0.750. The molecule has 11 heavy (non-hydrogen) atoms. The Hall–Kier alpha value is -0.820. The summed E-state index contributed by atoms with van der Waals surface area (Å²) in [5.74, 6) is 0. The van der Waals surface area contributed by atoms with Crippen LogP contribution >= 0.6 is 11.6 Å². The molecule has 1 rings (SSSR count). The van der Waals surface area contributed by atoms with Gasteiger partial charge < -0.3 is 0 Å². The van der Waals surface area contributed by atoms with E-state index in [-0.39, 0.29) is 0 Å². The molecule has 1 aromatic heterocycles. The van der Waals surface area contributed by atoms with E-state index in [2.05, 4.69) is 11.9 Å². The van der Waals surface area contributed by atoms with E-state index in [0.717, 1.165) is 12.1 Å². The molecule has 58 valence electrons. The molecule has 0 bridgehead atoms. The highest BCUT2D eigenvalue weighted by molar-refractivity contribution is 6.31. The van der Waals surface area contributed by atoms with Crippen molar-refractivity contribution in [3.05, 3.63) is 35.1 Å². The smallest absolute Gasteiger partial charge is 0.0812 e. The Morgan fingerprint density at radius 1 is 1.64 bits per heavy atom. The Kier molecular flexibility index (Phi) is 3.12. The van der Waals surface area contributed by atoms with E-state index < -0.39 is 0 Å². The van der Waals surface area contributed by atoms with Gasteiger partial charge in [-0.3, -0.25) is 4.98 Å². The standard InChI is InChI=1S/C9H10ClN/c1-2-3-6-9-8(10)5-4-7-11-9/h3-7H,2H2,1H3/b6-3+. The number of nitrogens with zero attached hydrogens (tertiary/aromatic N) is 1. The van der Waals surface area contributed by atoms with E-state index in [4.69, 9.17) is 11.6 Å². The predicted molar refractivity (Wildman–Crippen MR) is 48.6 cm³/mol. The van der Waals surface area contributed by atoms with Crippen LogP contribution in [0.15, 0.2) is 24.4 Å². The fraction of sp³-hybridized carbons (Fsp3) is 0.222. The molecule has 0 aliphatic heterocycles. The van der Waals surface area contributed by atoms with E-state index in [1.807, 2.05) is 24.3 Å². The average Bonchev–Trinajstić information content (AvgIpc) is 2.03. The molecular weight excluding hydrogens is 158 g/mol. The van der Waals surface area contributed by atoms with Crippen molar-refractivity contribution in [1.29, 1.82) is 0 Å². The van der Waals surface area contributed by atoms with Crippen LogP contribution in [0.2, 0.25) is 5.02 Å². The number of halogens is 1. The zero-order valence-electron chi connectivity index (χ0n) is 6.42. The van der Waals surface area contributed by atoms with Crippen LogP contribution in [0.4, 0.5) is 0 Å². The highest BCUT2D eigenvalue weighted by atomic mass is 35.5. The number of allylic oxidation sites excluding steroid dienone is 1. The second-order valence-electron chi connectivity index (χ2n) is 2.18. The molecule has 1 aromatic rings. The van der Waals surface area contributed by atoms with E-state index in [1.165, 1.54) is 0 Å². The topological polar surface area (TPSA) is 12.9 Å². The van der Waals surface area contributed by atoms with E-state index >= 15 is 0 Å². The molecular formula is C9H10ClN. The lowest BCUT2D eigenvalue weighted by molar-refractivity contribution is 1.22. The van der Waals surface area contributed by atoms with Gasteiger partial charge in [0.2, 0.25) is 0 Å². The highest BCUT2D eigenvalue weighted by Gasteiger charge is 1.92. The molecule has 0 radical (unpaired) electrons. The van der Waals surface area contributed by atoms with Gasteiger partial charge in [-0.15, -0.1) is 0 Å². The number of hydrogen-bond donors (Lipinski definition) is 0. The monoisotopic (exact) mass is 167 g/mol. The normalized spacial score (nSPS) is 10.7. The van der Waals surface area contributed by atoms with E-state index in [1.54, 1.807) is 6.20 Å². The van der Waals surface area contributed by atoms with E-state index in [9.17, 15) is 0 Å². The zero-order valence-corrected chi connectivity index (χ0v) is 7.17. The molecule has 0 aliphatic carbocycles. The molecule has 1 nitrogen and oxygen atoms in total. The third-order valence-electron chi connectivity index (χ3n) is 1.30. The van der Waals surface area contributed by atoms with Crippen molar-refractivity contribution in [2.45, 2.75) is 13.3 Å². The maximum Gasteiger partial charge on any atom is 0.0812 e. The number of aromatic nitrogens is 1. The fourth-order valence-corrected chi connectivity index (χ4v) is 0.935. The van der Waals surface area contributed by atoms with Crippen LogP contribution in [0.5, 0.6) is 0 Å². The van der Waals surface area contributed by atoms with Gasteiger partial charge in [-0.2, -0.15) is 0 Å². The summed E-state index contributed by atoms with van der Waals surface area (Å²) in [4.78, 5) is 4.10. The van der Waals surface area contributed by atoms with Crippen molar-refractivity contribution in [2.24, 2.45) is 0 Å². The summed E-state index contributed by atoms with van der Waals surface area (Å²) in [5.41, 5.74) is 0.844. The lowest BCUT2D eigenvalue weighted by atomic mass is 10.3. The van der Waals surface area contributed by atoms with Crippen molar-refractivity contribution in [1.82, 2.24) is 4.98 Å². The average molecular weight is 168 g/mol. The van der Waals surface area contributed by atoms with Crippen LogP contribution < -0.4 is 0 Å². The van der Waals surface area contributed by atoms with Crippen LogP contribution in [0, 0.1) is 0 Å². The minimum atomic E-state index is 0.706. The Balaban J connectivity index is 2.86. The summed E-state index contributed by atoms with van der Waals surface area (Å²) in [6, 6.07) is 3.66. The molecule has 0 spiro atoms. The number of pyridine rings is 1. The van der Waals surface area contributed by atoms with Gasteiger partial charge in [0.15, 0.2) is 0 Å². The van der Waals surface area contributed by atoms with Crippen LogP contribution in [0.25, 0.3) is 6.08 Å². The van der Waals surface area contributed by atoms with Crippen molar-refractivity contribution >= 4 is 17.7 Å². The van der Waals surface area contributed by atoms with Crippen LogP contribution in [-0.2, 0) is 0 Å². The largest absolute Gasteiger partial charge is 0.255 e. The second kappa shape index (κ2) is 4.14. The molecule has 0 fully saturated rings. The number of hydrogen-bond acceptors (Lipinski definition) is 1. The van der Waals surface area contributed by atoms with Gasteiger partial charge in [-0.05, 0) is 24.6 Å². The lowest BCUT2D eigenvalue weighted by Gasteiger charge is -1.93. The molecule has 0 atom stereocenters. The SMILES string of the molecule is CC/C=C/c1ncccc1Cl. The Morgan fingerprint density at radius 3 is 3.09 bits per heavy atom. The molecule has 0 unspecified atom stereocenters. The Bertz CT molecular complexity index is 255. The summed E-state index contributed by atoms with van der Waals surface area (Å²) in [5, 5.41) is 0.706. The van der Waals surface area contributed by atoms with Crippen LogP contribution in [-0.4, -0.2) is 4.98 Å². The third-order valence-corrected chi connectivity index (χ3v) is 1.62. The molecule has 1 heterocycles. The van der Waals surface area contributed by atoms with Crippen molar-refractivity contribution < 1.29 is 0 Å². The molecule has 0 N–H and O–H groups in total. The van der Waals surface area contributed by atoms with Crippen molar-refractivity contribution in [3.63, 3.8) is 0 Å². The minimum Gasteiger partial charge on any atom is -0.255 e. The van der Waals surface area contributed by atoms with Crippen molar-refractivity contribution in [2.75, 3.05) is 0 Å². The van der Waals surface area contributed by atoms with Gasteiger partial charge in [-0.1, -0.05) is 24.6 Å². The maximum atomic E-state index is 5.85. The zero-order chi connectivity index (χ0) is 8.10. The number of rotatable bonds is 2. The van der Waals surface area contributed by atoms with Gasteiger partial charge in [0, 0.05) is 6.20 Å². The molecule has 0 aromatic carbocycles. The minimum absolute atomic E-state index is 0.706. The van der Waals surface area contributed by atoms with Crippen molar-refractivity contribution in [3.8, 4) is 0 Å². The van der Waals surface area contributed by atoms with Gasteiger partial charge in [0.05, 0.1) is 10.7 Å². The van der Waals surface area contributed by atoms with Crippen LogP contribution in [0.3, 0.4) is 0 Å². The predicted octanol–water partition coefficient (Wildman–Crippen LogP) is 3.16. The summed E-state index contributed by atoms with van der Waals surface area (Å²) in [7, 11) is 0. The molecule has 0 saturated carbocycles. The molecule has 2 heteroatoms. The Morgan fingerprint density at radius 2 is 2.45 bits per heavy atom. The Labute approximate surface area is 71.7 Å². The quantitative estimate of drug-likeness (QED) is 0.660. The summed E-state index contributed by atoms with van der Waals surface area (Å²) < 4.78 is 0. The van der Waals surface area contributed by atoms with Gasteiger partial charge in [0.1, 0.15) is 0 Å². The summed E-state index contributed by atoms with van der Waals surface area (Å²) in [6.45, 7) is 2.08. The first-order valence-corrected chi connectivity index (χ1v) is 3.99. The lowest BCUT2D eigenvalue weighted by Crippen LogP contribution is -1.79. The highest BCUT2D eigenvalue weighted by Crippen LogP contribution is 2.13. The van der Waals surface area contributed by atoms with E-state index in [0.29, 0.717) is 5.02 Å².